The minimum atomic E-state index is -1.80. The Morgan fingerprint density at radius 1 is 0.411 bits per heavy atom. The average molecular weight is 1270 g/mol. The molecule has 2 fully saturated rings. The number of amides is 1. The summed E-state index contributed by atoms with van der Waals surface area (Å²) in [6, 6.07) is -0.945. The van der Waals surface area contributed by atoms with E-state index in [1.807, 2.05) is 6.08 Å². The highest BCUT2D eigenvalue weighted by Crippen LogP contribution is 2.30. The van der Waals surface area contributed by atoms with Gasteiger partial charge in [0.15, 0.2) is 12.6 Å². The summed E-state index contributed by atoms with van der Waals surface area (Å²) < 4.78 is 22.8. The zero-order valence-corrected chi connectivity index (χ0v) is 56.3. The fourth-order valence-electron chi connectivity index (χ4n) is 11.2. The lowest BCUT2D eigenvalue weighted by Crippen LogP contribution is -2.65. The van der Waals surface area contributed by atoms with Crippen LogP contribution in [0.2, 0.25) is 0 Å². The van der Waals surface area contributed by atoms with Crippen LogP contribution in [0.15, 0.2) is 109 Å². The van der Waals surface area contributed by atoms with Crippen LogP contribution in [0, 0.1) is 0 Å². The van der Waals surface area contributed by atoms with Crippen LogP contribution in [-0.2, 0) is 23.7 Å². The fraction of sp³-hybridized carbons (Fsp3) is 0.750. The Morgan fingerprint density at radius 2 is 0.778 bits per heavy atom. The van der Waals surface area contributed by atoms with Crippen LogP contribution in [0.1, 0.15) is 271 Å². The van der Waals surface area contributed by atoms with Crippen molar-refractivity contribution in [1.29, 1.82) is 0 Å². The van der Waals surface area contributed by atoms with Gasteiger partial charge in [-0.15, -0.1) is 0 Å². The quantitative estimate of drug-likeness (QED) is 0.0204. The van der Waals surface area contributed by atoms with Crippen molar-refractivity contribution >= 4 is 5.91 Å². The normalized spacial score (nSPS) is 23.6. The monoisotopic (exact) mass is 1270 g/mol. The van der Waals surface area contributed by atoms with Crippen molar-refractivity contribution < 1.29 is 64.6 Å². The summed E-state index contributed by atoms with van der Waals surface area (Å²) in [5, 5.41) is 87.4. The molecule has 518 valence electrons. The summed E-state index contributed by atoms with van der Waals surface area (Å²) in [6.45, 7) is 2.67. The van der Waals surface area contributed by atoms with E-state index in [0.717, 1.165) is 83.5 Å². The van der Waals surface area contributed by atoms with Gasteiger partial charge in [-0.3, -0.25) is 4.79 Å². The van der Waals surface area contributed by atoms with Crippen molar-refractivity contribution in [2.24, 2.45) is 0 Å². The number of aliphatic hydroxyl groups excluding tert-OH is 8. The van der Waals surface area contributed by atoms with Crippen LogP contribution >= 0.6 is 0 Å². The Balaban J connectivity index is 1.66. The molecule has 2 heterocycles. The third-order valence-electron chi connectivity index (χ3n) is 16.9. The SMILES string of the molecule is CC/C=C\C/C=C\C/C=C\C/C=C\C/C=C\C/C=C\CCCCCCCCCCCCCCCCCCC(=O)NC(COC1OC(CO)C(OC2OC(CO)C(O)C(O)C2O)C(O)C1O)C(O)/C=C/CC/C=C/CC/C=C/CCCCCCCCCCCCC. The van der Waals surface area contributed by atoms with Gasteiger partial charge in [0.05, 0.1) is 32.0 Å². The zero-order chi connectivity index (χ0) is 65.2. The Bertz CT molecular complexity index is 1930. The van der Waals surface area contributed by atoms with E-state index in [2.05, 4.69) is 116 Å². The molecule has 14 nitrogen and oxygen atoms in total. The highest BCUT2D eigenvalue weighted by Gasteiger charge is 2.51. The van der Waals surface area contributed by atoms with Gasteiger partial charge in [-0.2, -0.15) is 0 Å². The largest absolute Gasteiger partial charge is 0.394 e. The van der Waals surface area contributed by atoms with Crippen molar-refractivity contribution in [3.8, 4) is 0 Å². The number of ether oxygens (including phenoxy) is 4. The number of aliphatic hydroxyl groups is 8. The summed E-state index contributed by atoms with van der Waals surface area (Å²) in [5.74, 6) is -0.255. The lowest BCUT2D eigenvalue weighted by atomic mass is 9.97. The summed E-state index contributed by atoms with van der Waals surface area (Å²) >= 11 is 0. The van der Waals surface area contributed by atoms with Gasteiger partial charge in [0.1, 0.15) is 48.8 Å². The molecule has 2 rings (SSSR count). The van der Waals surface area contributed by atoms with Crippen molar-refractivity contribution in [2.45, 2.75) is 344 Å². The predicted octanol–water partition coefficient (Wildman–Crippen LogP) is 15.1. The number of carbonyl (C=O) groups is 1. The lowest BCUT2D eigenvalue weighted by molar-refractivity contribution is -0.359. The summed E-state index contributed by atoms with van der Waals surface area (Å²) in [6.07, 6.45) is 68.6. The maximum Gasteiger partial charge on any atom is 0.220 e. The Labute approximate surface area is 546 Å². The van der Waals surface area contributed by atoms with Gasteiger partial charge >= 0.3 is 0 Å². The molecular weight excluding hydrogens is 1130 g/mol. The van der Waals surface area contributed by atoms with Gasteiger partial charge in [-0.25, -0.2) is 0 Å². The number of nitrogens with one attached hydrogen (secondary N) is 1. The maximum absolute atomic E-state index is 13.3. The molecule has 2 saturated heterocycles. The maximum atomic E-state index is 13.3. The topological polar surface area (TPSA) is 228 Å². The van der Waals surface area contributed by atoms with E-state index >= 15 is 0 Å². The van der Waals surface area contributed by atoms with E-state index in [9.17, 15) is 45.6 Å². The van der Waals surface area contributed by atoms with Crippen molar-refractivity contribution in [1.82, 2.24) is 5.32 Å². The number of hydrogen-bond donors (Lipinski definition) is 9. The van der Waals surface area contributed by atoms with Crippen molar-refractivity contribution in [3.63, 3.8) is 0 Å². The van der Waals surface area contributed by atoms with E-state index in [4.69, 9.17) is 18.9 Å². The smallest absolute Gasteiger partial charge is 0.220 e. The first-order valence-corrected chi connectivity index (χ1v) is 36.1. The van der Waals surface area contributed by atoms with E-state index in [1.54, 1.807) is 6.08 Å². The molecule has 14 heteroatoms. The second-order valence-electron chi connectivity index (χ2n) is 25.0. The van der Waals surface area contributed by atoms with Crippen LogP contribution in [0.3, 0.4) is 0 Å². The highest BCUT2D eigenvalue weighted by atomic mass is 16.7. The van der Waals surface area contributed by atoms with Gasteiger partial charge in [0, 0.05) is 6.42 Å². The predicted molar refractivity (Wildman–Crippen MR) is 369 cm³/mol. The van der Waals surface area contributed by atoms with Gasteiger partial charge < -0.3 is 65.1 Å². The van der Waals surface area contributed by atoms with Gasteiger partial charge in [0.25, 0.3) is 0 Å². The average Bonchev–Trinajstić information content (AvgIpc) is 1.28. The molecule has 0 bridgehead atoms. The first kappa shape index (κ1) is 82.7. The molecule has 2 aliphatic rings. The number of unbranched alkanes of at least 4 members (excludes halogenated alkanes) is 29. The number of carbonyl (C=O) groups excluding carboxylic acids is 1. The molecule has 0 aliphatic carbocycles. The number of allylic oxidation sites excluding steroid dienone is 17. The highest BCUT2D eigenvalue weighted by molar-refractivity contribution is 5.76. The summed E-state index contributed by atoms with van der Waals surface area (Å²) in [7, 11) is 0. The third-order valence-corrected chi connectivity index (χ3v) is 16.9. The van der Waals surface area contributed by atoms with E-state index in [-0.39, 0.29) is 18.9 Å². The molecule has 2 aliphatic heterocycles. The molecule has 90 heavy (non-hydrogen) atoms. The molecule has 12 unspecified atom stereocenters. The molecule has 12 atom stereocenters. The van der Waals surface area contributed by atoms with E-state index in [1.165, 1.54) is 154 Å². The van der Waals surface area contributed by atoms with Gasteiger partial charge in [-0.05, 0) is 96.3 Å². The molecule has 0 spiro atoms. The third kappa shape index (κ3) is 42.8. The second kappa shape index (κ2) is 59.4. The molecule has 9 N–H and O–H groups in total. The molecule has 1 amide bonds. The fourth-order valence-corrected chi connectivity index (χ4v) is 11.2. The summed E-state index contributed by atoms with van der Waals surface area (Å²) in [5.41, 5.74) is 0. The van der Waals surface area contributed by atoms with Crippen molar-refractivity contribution in [2.75, 3.05) is 19.8 Å². The first-order valence-electron chi connectivity index (χ1n) is 36.1. The second-order valence-corrected chi connectivity index (χ2v) is 25.0. The lowest BCUT2D eigenvalue weighted by Gasteiger charge is -2.46. The molecule has 0 radical (unpaired) electrons. The molecule has 0 aromatic carbocycles. The molecule has 0 aromatic rings. The van der Waals surface area contributed by atoms with Crippen LogP contribution in [0.5, 0.6) is 0 Å². The first-order chi connectivity index (χ1) is 44.1. The van der Waals surface area contributed by atoms with Crippen LogP contribution in [0.25, 0.3) is 0 Å². The Hall–Kier alpha value is -3.35. The van der Waals surface area contributed by atoms with Gasteiger partial charge in [0.2, 0.25) is 5.91 Å². The molecule has 0 aromatic heterocycles. The van der Waals surface area contributed by atoms with E-state index in [0.29, 0.717) is 12.8 Å². The number of rotatable bonds is 58. The summed E-state index contributed by atoms with van der Waals surface area (Å²) in [4.78, 5) is 13.3. The standard InChI is InChI=1S/C76H131NO13/c1-3-5-7-9-11-13-15-17-19-21-23-25-26-27-28-29-30-31-32-33-34-35-36-37-38-40-42-44-46-48-50-52-54-56-58-60-68(81)77-64(65(80)59-57-55-53-51-49-47-45-43-41-39-24-22-20-18-16-14-12-10-8-6-4-2)63-87-75-73(86)71(84)74(67(62-79)89-75)90-76-72(85)70(83)69(82)66(61-78)88-76/h5,7,11,13,17,19,23,25,27-28,30-31,41,43,49,51,57,59,64-67,69-76,78-80,82-86H,3-4,6,8-10,12,14-16,18,20-22,24,26,29,32-40,42,44-48,50,52-56,58,60-63H2,1-2H3,(H,77,81)/b7-5-,13-11-,19-17-,25-23-,28-27-,31-30-,43-41+,51-49+,59-57+. The number of hydrogen-bond acceptors (Lipinski definition) is 13. The van der Waals surface area contributed by atoms with E-state index < -0.39 is 86.8 Å². The molecule has 0 saturated carbocycles. The van der Waals surface area contributed by atoms with Crippen LogP contribution < -0.4 is 5.32 Å². The van der Waals surface area contributed by atoms with Gasteiger partial charge in [-0.1, -0.05) is 277 Å². The zero-order valence-electron chi connectivity index (χ0n) is 56.3. The van der Waals surface area contributed by atoms with Crippen molar-refractivity contribution in [3.05, 3.63) is 109 Å². The van der Waals surface area contributed by atoms with Crippen LogP contribution in [0.4, 0.5) is 0 Å². The molecular formula is C76H131NO13. The van der Waals surface area contributed by atoms with Crippen LogP contribution in [-0.4, -0.2) is 140 Å². The Morgan fingerprint density at radius 3 is 1.22 bits per heavy atom. The minimum Gasteiger partial charge on any atom is -0.394 e. The minimum absolute atomic E-state index is 0.255. The Kier molecular flexibility index (Phi) is 54.6.